The average Bonchev–Trinajstić information content (AvgIpc) is 2.93. The number of anilines is 1. The molecule has 1 aromatic carbocycles. The lowest BCUT2D eigenvalue weighted by Gasteiger charge is -2.30. The minimum atomic E-state index is -0.369. The molecule has 2 aliphatic rings. The third-order valence-corrected chi connectivity index (χ3v) is 6.05. The Labute approximate surface area is 153 Å². The molecule has 5 nitrogen and oxygen atoms in total. The highest BCUT2D eigenvalue weighted by atomic mass is 32.2. The van der Waals surface area contributed by atoms with E-state index in [-0.39, 0.29) is 29.5 Å². The highest BCUT2D eigenvalue weighted by molar-refractivity contribution is 8.15. The second-order valence-electron chi connectivity index (χ2n) is 6.73. The summed E-state index contributed by atoms with van der Waals surface area (Å²) in [5.41, 5.74) is 1.91. The Morgan fingerprint density at radius 3 is 2.56 bits per heavy atom. The number of hydrogen-bond acceptors (Lipinski definition) is 4. The first-order valence-corrected chi connectivity index (χ1v) is 9.79. The zero-order valence-electron chi connectivity index (χ0n) is 14.8. The third kappa shape index (κ3) is 4.24. The molecule has 0 spiro atoms. The Morgan fingerprint density at radius 1 is 1.24 bits per heavy atom. The van der Waals surface area contributed by atoms with E-state index in [9.17, 15) is 9.59 Å². The van der Waals surface area contributed by atoms with Crippen molar-refractivity contribution in [2.75, 3.05) is 12.4 Å². The number of hydrogen-bond donors (Lipinski definition) is 1. The van der Waals surface area contributed by atoms with E-state index in [1.54, 1.807) is 7.05 Å². The van der Waals surface area contributed by atoms with Gasteiger partial charge in [0.25, 0.3) is 0 Å². The van der Waals surface area contributed by atoms with Crippen LogP contribution in [-0.4, -0.2) is 40.2 Å². The van der Waals surface area contributed by atoms with Gasteiger partial charge in [0, 0.05) is 25.2 Å². The third-order valence-electron chi connectivity index (χ3n) is 4.80. The largest absolute Gasteiger partial charge is 0.326 e. The molecule has 1 aromatic rings. The summed E-state index contributed by atoms with van der Waals surface area (Å²) >= 11 is 1.43. The molecule has 0 aromatic heterocycles. The number of nitrogens with one attached hydrogen (secondary N) is 1. The zero-order chi connectivity index (χ0) is 17.8. The zero-order valence-corrected chi connectivity index (χ0v) is 15.6. The van der Waals surface area contributed by atoms with Crippen molar-refractivity contribution in [2.45, 2.75) is 56.7 Å². The van der Waals surface area contributed by atoms with Gasteiger partial charge in [-0.05, 0) is 31.9 Å². The first kappa shape index (κ1) is 18.0. The molecule has 25 heavy (non-hydrogen) atoms. The molecule has 0 bridgehead atoms. The predicted molar refractivity (Wildman–Crippen MR) is 103 cm³/mol. The van der Waals surface area contributed by atoms with Gasteiger partial charge in [0.15, 0.2) is 5.17 Å². The van der Waals surface area contributed by atoms with Crippen LogP contribution < -0.4 is 5.32 Å². The maximum atomic E-state index is 12.9. The fourth-order valence-corrected chi connectivity index (χ4v) is 4.63. The standard InChI is InChI=1S/C19H25N3O2S/c1-13-8-10-14(11-9-13)21-17(23)12-16-18(24)22(19(20-2)25-16)15-6-4-3-5-7-15/h8-11,15-16H,3-7,12H2,1-2H3,(H,21,23). The van der Waals surface area contributed by atoms with Crippen molar-refractivity contribution in [3.05, 3.63) is 29.8 Å². The topological polar surface area (TPSA) is 61.8 Å². The summed E-state index contributed by atoms with van der Waals surface area (Å²) in [6, 6.07) is 7.92. The predicted octanol–water partition coefficient (Wildman–Crippen LogP) is 3.59. The van der Waals surface area contributed by atoms with E-state index >= 15 is 0 Å². The fourth-order valence-electron chi connectivity index (χ4n) is 3.47. The first-order valence-electron chi connectivity index (χ1n) is 8.91. The average molecular weight is 359 g/mol. The lowest BCUT2D eigenvalue weighted by atomic mass is 9.94. The number of aliphatic imine (C=N–C) groups is 1. The molecule has 6 heteroatoms. The van der Waals surface area contributed by atoms with E-state index in [4.69, 9.17) is 0 Å². The van der Waals surface area contributed by atoms with Gasteiger partial charge in [-0.1, -0.05) is 48.7 Å². The van der Waals surface area contributed by atoms with E-state index < -0.39 is 0 Å². The van der Waals surface area contributed by atoms with Crippen molar-refractivity contribution in [2.24, 2.45) is 4.99 Å². The van der Waals surface area contributed by atoms with Crippen molar-refractivity contribution >= 4 is 34.4 Å². The molecule has 1 saturated heterocycles. The van der Waals surface area contributed by atoms with Crippen LogP contribution in [0.15, 0.2) is 29.3 Å². The van der Waals surface area contributed by atoms with Gasteiger partial charge in [-0.3, -0.25) is 19.5 Å². The quantitative estimate of drug-likeness (QED) is 0.894. The summed E-state index contributed by atoms with van der Waals surface area (Å²) in [4.78, 5) is 31.3. The molecule has 1 N–H and O–H groups in total. The maximum Gasteiger partial charge on any atom is 0.242 e. The van der Waals surface area contributed by atoms with E-state index in [1.807, 2.05) is 36.1 Å². The second-order valence-corrected chi connectivity index (χ2v) is 7.90. The van der Waals surface area contributed by atoms with Crippen LogP contribution >= 0.6 is 11.8 Å². The molecule has 1 saturated carbocycles. The number of rotatable bonds is 4. The second kappa shape index (κ2) is 8.04. The van der Waals surface area contributed by atoms with Crippen LogP contribution in [0.5, 0.6) is 0 Å². The molecule has 1 unspecified atom stereocenters. The van der Waals surface area contributed by atoms with Crippen LogP contribution in [0.25, 0.3) is 0 Å². The normalized spacial score (nSPS) is 23.3. The Balaban J connectivity index is 1.63. The number of aryl methyl sites for hydroxylation is 1. The van der Waals surface area contributed by atoms with Gasteiger partial charge < -0.3 is 5.32 Å². The first-order chi connectivity index (χ1) is 12.1. The van der Waals surface area contributed by atoms with Crippen molar-refractivity contribution in [3.8, 4) is 0 Å². The molecule has 134 valence electrons. The minimum absolute atomic E-state index is 0.0385. The summed E-state index contributed by atoms with van der Waals surface area (Å²) in [6.45, 7) is 2.00. The van der Waals surface area contributed by atoms with Crippen LogP contribution in [0.4, 0.5) is 5.69 Å². The monoisotopic (exact) mass is 359 g/mol. The Bertz CT molecular complexity index is 666. The number of benzene rings is 1. The summed E-state index contributed by atoms with van der Waals surface area (Å²) in [7, 11) is 1.72. The highest BCUT2D eigenvalue weighted by Gasteiger charge is 2.42. The van der Waals surface area contributed by atoms with Crippen LogP contribution in [0, 0.1) is 6.92 Å². The lowest BCUT2D eigenvalue weighted by Crippen LogP contribution is -2.42. The lowest BCUT2D eigenvalue weighted by molar-refractivity contribution is -0.130. The SMILES string of the molecule is CN=C1SC(CC(=O)Nc2ccc(C)cc2)C(=O)N1C1CCCCC1. The fraction of sp³-hybridized carbons (Fsp3) is 0.526. The maximum absolute atomic E-state index is 12.9. The van der Waals surface area contributed by atoms with Gasteiger partial charge in [0.2, 0.25) is 11.8 Å². The molecule has 1 aliphatic carbocycles. The molecular formula is C19H25N3O2S. The molecular weight excluding hydrogens is 334 g/mol. The van der Waals surface area contributed by atoms with E-state index in [0.717, 1.165) is 42.1 Å². The molecule has 1 aliphatic heterocycles. The van der Waals surface area contributed by atoms with Gasteiger partial charge in [0.1, 0.15) is 5.25 Å². The number of nitrogens with zero attached hydrogens (tertiary/aromatic N) is 2. The van der Waals surface area contributed by atoms with Crippen LogP contribution in [-0.2, 0) is 9.59 Å². The number of amidine groups is 1. The molecule has 3 rings (SSSR count). The van der Waals surface area contributed by atoms with Crippen LogP contribution in [0.2, 0.25) is 0 Å². The summed E-state index contributed by atoms with van der Waals surface area (Å²) < 4.78 is 0. The van der Waals surface area contributed by atoms with Crippen LogP contribution in [0.1, 0.15) is 44.1 Å². The smallest absolute Gasteiger partial charge is 0.242 e. The Hall–Kier alpha value is -1.82. The van der Waals surface area contributed by atoms with Gasteiger partial charge in [0.05, 0.1) is 0 Å². The van der Waals surface area contributed by atoms with Gasteiger partial charge >= 0.3 is 0 Å². The van der Waals surface area contributed by atoms with Crippen molar-refractivity contribution in [1.29, 1.82) is 0 Å². The summed E-state index contributed by atoms with van der Waals surface area (Å²) in [6.07, 6.45) is 5.82. The van der Waals surface area contributed by atoms with Crippen molar-refractivity contribution in [3.63, 3.8) is 0 Å². The number of amides is 2. The number of thioether (sulfide) groups is 1. The van der Waals surface area contributed by atoms with Crippen molar-refractivity contribution in [1.82, 2.24) is 4.90 Å². The van der Waals surface area contributed by atoms with Crippen molar-refractivity contribution < 1.29 is 9.59 Å². The minimum Gasteiger partial charge on any atom is -0.326 e. The number of carbonyl (C=O) groups excluding carboxylic acids is 2. The Morgan fingerprint density at radius 2 is 1.92 bits per heavy atom. The molecule has 0 radical (unpaired) electrons. The van der Waals surface area contributed by atoms with E-state index in [0.29, 0.717) is 0 Å². The van der Waals surface area contributed by atoms with Crippen LogP contribution in [0.3, 0.4) is 0 Å². The van der Waals surface area contributed by atoms with Gasteiger partial charge in [-0.2, -0.15) is 0 Å². The van der Waals surface area contributed by atoms with E-state index in [1.165, 1.54) is 18.2 Å². The van der Waals surface area contributed by atoms with Gasteiger partial charge in [-0.15, -0.1) is 0 Å². The highest BCUT2D eigenvalue weighted by Crippen LogP contribution is 2.35. The van der Waals surface area contributed by atoms with Gasteiger partial charge in [-0.25, -0.2) is 0 Å². The summed E-state index contributed by atoms with van der Waals surface area (Å²) in [5, 5.41) is 3.28. The summed E-state index contributed by atoms with van der Waals surface area (Å²) in [5.74, 6) is -0.0905. The number of carbonyl (C=O) groups is 2. The molecule has 1 heterocycles. The Kier molecular flexibility index (Phi) is 5.78. The molecule has 2 amide bonds. The molecule has 2 fully saturated rings. The molecule has 1 atom stereocenters. The van der Waals surface area contributed by atoms with E-state index in [2.05, 4.69) is 10.3 Å².